The van der Waals surface area contributed by atoms with Gasteiger partial charge in [-0.25, -0.2) is 13.2 Å². The molecule has 0 radical (unpaired) electrons. The fourth-order valence-corrected chi connectivity index (χ4v) is 4.46. The summed E-state index contributed by atoms with van der Waals surface area (Å²) in [6.07, 6.45) is 0. The number of hydrogen-bond donors (Lipinski definition) is 2. The van der Waals surface area contributed by atoms with E-state index in [0.717, 1.165) is 5.52 Å². The van der Waals surface area contributed by atoms with Gasteiger partial charge in [0.2, 0.25) is 0 Å². The number of carbonyl (C=O) groups is 1. The maximum absolute atomic E-state index is 12.9. The fourth-order valence-electron chi connectivity index (χ4n) is 3.36. The number of hydrogen-bond acceptors (Lipinski definition) is 4. The van der Waals surface area contributed by atoms with Crippen molar-refractivity contribution >= 4 is 38.3 Å². The van der Waals surface area contributed by atoms with E-state index >= 15 is 0 Å². The van der Waals surface area contributed by atoms with E-state index in [9.17, 15) is 18.0 Å². The SMILES string of the molecule is Cn1c(=O)n(C)c2cc(NC(=O)c3ccccc3NS(=O)(=O)c3ccccc3)ccc21. The Hall–Kier alpha value is -3.85. The van der Waals surface area contributed by atoms with Gasteiger partial charge in [-0.15, -0.1) is 0 Å². The minimum atomic E-state index is -3.85. The molecular formula is C22H20N4O4S. The number of benzene rings is 3. The van der Waals surface area contributed by atoms with Gasteiger partial charge >= 0.3 is 5.69 Å². The van der Waals surface area contributed by atoms with Crippen LogP contribution in [0, 0.1) is 0 Å². The maximum Gasteiger partial charge on any atom is 0.328 e. The van der Waals surface area contributed by atoms with Crippen LogP contribution in [0.4, 0.5) is 11.4 Å². The number of sulfonamides is 1. The normalized spacial score (nSPS) is 11.4. The van der Waals surface area contributed by atoms with Crippen molar-refractivity contribution in [3.8, 4) is 0 Å². The van der Waals surface area contributed by atoms with Gasteiger partial charge in [0.15, 0.2) is 0 Å². The van der Waals surface area contributed by atoms with Gasteiger partial charge in [-0.05, 0) is 42.5 Å². The summed E-state index contributed by atoms with van der Waals surface area (Å²) in [5.74, 6) is -0.480. The molecule has 4 rings (SSSR count). The molecule has 9 heteroatoms. The lowest BCUT2D eigenvalue weighted by Crippen LogP contribution is -2.19. The van der Waals surface area contributed by atoms with E-state index in [4.69, 9.17) is 0 Å². The lowest BCUT2D eigenvalue weighted by molar-refractivity contribution is 0.102. The van der Waals surface area contributed by atoms with Crippen molar-refractivity contribution in [2.24, 2.45) is 14.1 Å². The standard InChI is InChI=1S/C22H20N4O4S/c1-25-19-13-12-15(14-20(19)26(2)22(25)28)23-21(27)17-10-6-7-11-18(17)24-31(29,30)16-8-4-3-5-9-16/h3-14,24H,1-2H3,(H,23,27). The fraction of sp³-hybridized carbons (Fsp3) is 0.0909. The number of fused-ring (bicyclic) bond motifs is 1. The van der Waals surface area contributed by atoms with Crippen molar-refractivity contribution in [1.82, 2.24) is 9.13 Å². The third-order valence-electron chi connectivity index (χ3n) is 5.00. The molecule has 0 atom stereocenters. The van der Waals surface area contributed by atoms with Gasteiger partial charge in [0.1, 0.15) is 0 Å². The van der Waals surface area contributed by atoms with E-state index in [2.05, 4.69) is 10.0 Å². The average molecular weight is 436 g/mol. The van der Waals surface area contributed by atoms with Gasteiger partial charge in [-0.3, -0.25) is 18.7 Å². The van der Waals surface area contributed by atoms with Crippen molar-refractivity contribution in [2.75, 3.05) is 10.0 Å². The van der Waals surface area contributed by atoms with Crippen LogP contribution in [0.2, 0.25) is 0 Å². The number of aryl methyl sites for hydroxylation is 2. The van der Waals surface area contributed by atoms with E-state index in [0.29, 0.717) is 11.2 Å². The third-order valence-corrected chi connectivity index (χ3v) is 6.38. The Morgan fingerprint density at radius 1 is 0.839 bits per heavy atom. The first-order valence-electron chi connectivity index (χ1n) is 9.41. The highest BCUT2D eigenvalue weighted by molar-refractivity contribution is 7.92. The van der Waals surface area contributed by atoms with Gasteiger partial charge in [0, 0.05) is 19.8 Å². The summed E-state index contributed by atoms with van der Waals surface area (Å²) in [5.41, 5.74) is 2.06. The van der Waals surface area contributed by atoms with Crippen molar-refractivity contribution in [3.63, 3.8) is 0 Å². The Kier molecular flexibility index (Phi) is 5.12. The molecule has 0 spiro atoms. The largest absolute Gasteiger partial charge is 0.328 e. The number of anilines is 2. The van der Waals surface area contributed by atoms with Crippen LogP contribution in [-0.4, -0.2) is 23.5 Å². The molecule has 0 bridgehead atoms. The molecule has 0 aliphatic carbocycles. The van der Waals surface area contributed by atoms with Crippen LogP contribution < -0.4 is 15.7 Å². The first kappa shape index (κ1) is 20.4. The number of amides is 1. The highest BCUT2D eigenvalue weighted by atomic mass is 32.2. The molecule has 3 aromatic carbocycles. The predicted octanol–water partition coefficient (Wildman–Crippen LogP) is 2.93. The molecule has 8 nitrogen and oxygen atoms in total. The first-order valence-corrected chi connectivity index (χ1v) is 10.9. The van der Waals surface area contributed by atoms with Gasteiger partial charge in [0.25, 0.3) is 15.9 Å². The summed E-state index contributed by atoms with van der Waals surface area (Å²) in [4.78, 5) is 25.1. The van der Waals surface area contributed by atoms with Crippen LogP contribution in [0.5, 0.6) is 0 Å². The highest BCUT2D eigenvalue weighted by Crippen LogP contribution is 2.23. The summed E-state index contributed by atoms with van der Waals surface area (Å²) in [5, 5.41) is 2.77. The Morgan fingerprint density at radius 2 is 1.48 bits per heavy atom. The van der Waals surface area contributed by atoms with E-state index in [-0.39, 0.29) is 21.8 Å². The number of imidazole rings is 1. The Morgan fingerprint density at radius 3 is 2.23 bits per heavy atom. The Balaban J connectivity index is 1.64. The highest BCUT2D eigenvalue weighted by Gasteiger charge is 2.19. The molecule has 0 saturated carbocycles. The van der Waals surface area contributed by atoms with Crippen LogP contribution in [0.15, 0.2) is 82.5 Å². The molecule has 0 aliphatic heterocycles. The summed E-state index contributed by atoms with van der Waals surface area (Å²) in [6.45, 7) is 0. The molecule has 1 amide bonds. The number of aromatic nitrogens is 2. The van der Waals surface area contributed by atoms with Crippen molar-refractivity contribution < 1.29 is 13.2 Å². The summed E-state index contributed by atoms with van der Waals surface area (Å²) < 4.78 is 30.8. The minimum Gasteiger partial charge on any atom is -0.322 e. The number of nitrogens with one attached hydrogen (secondary N) is 2. The summed E-state index contributed by atoms with van der Waals surface area (Å²) in [6, 6.07) is 19.4. The van der Waals surface area contributed by atoms with Gasteiger partial charge < -0.3 is 5.32 Å². The van der Waals surface area contributed by atoms with Crippen LogP contribution in [-0.2, 0) is 24.1 Å². The molecule has 0 unspecified atom stereocenters. The quantitative estimate of drug-likeness (QED) is 0.502. The van der Waals surface area contributed by atoms with E-state index in [1.54, 1.807) is 62.6 Å². The Bertz CT molecular complexity index is 1450. The molecule has 31 heavy (non-hydrogen) atoms. The number of carbonyl (C=O) groups excluding carboxylic acids is 1. The molecule has 0 fully saturated rings. The van der Waals surface area contributed by atoms with Crippen LogP contribution in [0.1, 0.15) is 10.4 Å². The minimum absolute atomic E-state index is 0.0978. The monoisotopic (exact) mass is 436 g/mol. The number of para-hydroxylation sites is 1. The first-order chi connectivity index (χ1) is 14.8. The molecular weight excluding hydrogens is 416 g/mol. The zero-order valence-electron chi connectivity index (χ0n) is 16.9. The number of nitrogens with zero attached hydrogens (tertiary/aromatic N) is 2. The maximum atomic E-state index is 12.9. The molecule has 0 aliphatic rings. The molecule has 4 aromatic rings. The van der Waals surface area contributed by atoms with E-state index in [1.165, 1.54) is 33.4 Å². The summed E-state index contributed by atoms with van der Waals surface area (Å²) >= 11 is 0. The van der Waals surface area contributed by atoms with E-state index < -0.39 is 15.9 Å². The van der Waals surface area contributed by atoms with Crippen LogP contribution >= 0.6 is 0 Å². The second kappa shape index (κ2) is 7.77. The third kappa shape index (κ3) is 3.82. The van der Waals surface area contributed by atoms with Crippen molar-refractivity contribution in [3.05, 3.63) is 88.8 Å². The van der Waals surface area contributed by atoms with Crippen LogP contribution in [0.25, 0.3) is 11.0 Å². The van der Waals surface area contributed by atoms with Gasteiger partial charge in [0.05, 0.1) is 27.2 Å². The predicted molar refractivity (Wildman–Crippen MR) is 120 cm³/mol. The smallest absolute Gasteiger partial charge is 0.322 e. The molecule has 1 heterocycles. The molecule has 1 aromatic heterocycles. The number of rotatable bonds is 5. The molecule has 0 saturated heterocycles. The van der Waals surface area contributed by atoms with Crippen molar-refractivity contribution in [1.29, 1.82) is 0 Å². The van der Waals surface area contributed by atoms with Crippen LogP contribution in [0.3, 0.4) is 0 Å². The van der Waals surface area contributed by atoms with Gasteiger partial charge in [-0.2, -0.15) is 0 Å². The van der Waals surface area contributed by atoms with Crippen molar-refractivity contribution in [2.45, 2.75) is 4.90 Å². The second-order valence-corrected chi connectivity index (χ2v) is 8.70. The average Bonchev–Trinajstić information content (AvgIpc) is 2.98. The lowest BCUT2D eigenvalue weighted by atomic mass is 10.1. The zero-order valence-corrected chi connectivity index (χ0v) is 17.7. The molecule has 158 valence electrons. The van der Waals surface area contributed by atoms with E-state index in [1.807, 2.05) is 0 Å². The second-order valence-electron chi connectivity index (χ2n) is 7.02. The molecule has 2 N–H and O–H groups in total. The Labute approximate surface area is 178 Å². The van der Waals surface area contributed by atoms with Gasteiger partial charge in [-0.1, -0.05) is 30.3 Å². The lowest BCUT2D eigenvalue weighted by Gasteiger charge is -2.13. The topological polar surface area (TPSA) is 102 Å². The summed E-state index contributed by atoms with van der Waals surface area (Å²) in [7, 11) is -0.514. The zero-order chi connectivity index (χ0) is 22.2.